The van der Waals surface area contributed by atoms with E-state index in [1.54, 1.807) is 24.3 Å². The highest BCUT2D eigenvalue weighted by molar-refractivity contribution is 7.07. The van der Waals surface area contributed by atoms with E-state index >= 15 is 0 Å². The van der Waals surface area contributed by atoms with E-state index in [1.165, 1.54) is 11.3 Å². The van der Waals surface area contributed by atoms with E-state index in [1.807, 2.05) is 37.6 Å². The third kappa shape index (κ3) is 4.66. The SMILES string of the molecule is CC(C)(C)C(=O)Nc1ccccc1C(=O)NCC(O)c1ccsc1. The largest absolute Gasteiger partial charge is 0.387 e. The van der Waals surface area contributed by atoms with Gasteiger partial charge in [0, 0.05) is 12.0 Å². The van der Waals surface area contributed by atoms with Gasteiger partial charge in [0.2, 0.25) is 5.91 Å². The zero-order chi connectivity index (χ0) is 17.7. The van der Waals surface area contributed by atoms with E-state index in [-0.39, 0.29) is 18.4 Å². The van der Waals surface area contributed by atoms with Gasteiger partial charge in [0.1, 0.15) is 0 Å². The maximum Gasteiger partial charge on any atom is 0.253 e. The number of para-hydroxylation sites is 1. The van der Waals surface area contributed by atoms with E-state index in [0.717, 1.165) is 5.56 Å². The van der Waals surface area contributed by atoms with Crippen LogP contribution in [-0.2, 0) is 4.79 Å². The molecule has 0 saturated carbocycles. The Morgan fingerprint density at radius 2 is 1.92 bits per heavy atom. The van der Waals surface area contributed by atoms with E-state index in [9.17, 15) is 14.7 Å². The van der Waals surface area contributed by atoms with Crippen LogP contribution in [0.1, 0.15) is 42.8 Å². The summed E-state index contributed by atoms with van der Waals surface area (Å²) in [5.41, 5.74) is 1.04. The maximum absolute atomic E-state index is 12.4. The Kier molecular flexibility index (Phi) is 5.75. The number of aliphatic hydroxyl groups is 1. The molecule has 0 bridgehead atoms. The first-order valence-corrected chi connectivity index (χ1v) is 8.62. The number of nitrogens with one attached hydrogen (secondary N) is 2. The molecule has 2 amide bonds. The van der Waals surface area contributed by atoms with Crippen LogP contribution in [-0.4, -0.2) is 23.5 Å². The minimum absolute atomic E-state index is 0.108. The third-order valence-electron chi connectivity index (χ3n) is 3.49. The lowest BCUT2D eigenvalue weighted by Crippen LogP contribution is -2.31. The lowest BCUT2D eigenvalue weighted by molar-refractivity contribution is -0.123. The number of thiophene rings is 1. The molecule has 24 heavy (non-hydrogen) atoms. The highest BCUT2D eigenvalue weighted by atomic mass is 32.1. The van der Waals surface area contributed by atoms with E-state index in [2.05, 4.69) is 10.6 Å². The van der Waals surface area contributed by atoms with Crippen molar-refractivity contribution in [3.05, 3.63) is 52.2 Å². The molecule has 0 saturated heterocycles. The summed E-state index contributed by atoms with van der Waals surface area (Å²) in [7, 11) is 0. The van der Waals surface area contributed by atoms with Crippen LogP contribution in [0.3, 0.4) is 0 Å². The molecule has 6 heteroatoms. The topological polar surface area (TPSA) is 78.4 Å². The van der Waals surface area contributed by atoms with Crippen LogP contribution in [0.15, 0.2) is 41.1 Å². The molecule has 2 rings (SSSR count). The van der Waals surface area contributed by atoms with Gasteiger partial charge in [-0.05, 0) is 34.5 Å². The summed E-state index contributed by atoms with van der Waals surface area (Å²) in [6.07, 6.45) is -0.753. The number of benzene rings is 1. The molecule has 5 nitrogen and oxygen atoms in total. The number of carbonyl (C=O) groups is 2. The van der Waals surface area contributed by atoms with Gasteiger partial charge in [-0.2, -0.15) is 11.3 Å². The summed E-state index contributed by atoms with van der Waals surface area (Å²) in [6, 6.07) is 8.64. The van der Waals surface area contributed by atoms with Crippen molar-refractivity contribution in [2.75, 3.05) is 11.9 Å². The van der Waals surface area contributed by atoms with Crippen molar-refractivity contribution in [2.24, 2.45) is 5.41 Å². The average Bonchev–Trinajstić information content (AvgIpc) is 3.06. The first-order chi connectivity index (χ1) is 11.3. The molecule has 0 aliphatic heterocycles. The van der Waals surface area contributed by atoms with Gasteiger partial charge >= 0.3 is 0 Å². The van der Waals surface area contributed by atoms with Crippen LogP contribution in [0.4, 0.5) is 5.69 Å². The Labute approximate surface area is 145 Å². The van der Waals surface area contributed by atoms with Gasteiger partial charge in [-0.15, -0.1) is 0 Å². The lowest BCUT2D eigenvalue weighted by atomic mass is 9.95. The van der Waals surface area contributed by atoms with Crippen LogP contribution in [0, 0.1) is 5.41 Å². The van der Waals surface area contributed by atoms with Crippen molar-refractivity contribution < 1.29 is 14.7 Å². The minimum atomic E-state index is -0.753. The number of carbonyl (C=O) groups excluding carboxylic acids is 2. The van der Waals surface area contributed by atoms with E-state index in [0.29, 0.717) is 11.3 Å². The Balaban J connectivity index is 2.05. The molecule has 1 heterocycles. The monoisotopic (exact) mass is 346 g/mol. The Hall–Kier alpha value is -2.18. The normalized spacial score (nSPS) is 12.5. The molecule has 2 aromatic rings. The molecule has 0 fully saturated rings. The maximum atomic E-state index is 12.4. The van der Waals surface area contributed by atoms with E-state index < -0.39 is 11.5 Å². The number of rotatable bonds is 5. The standard InChI is InChI=1S/C18H22N2O3S/c1-18(2,3)17(23)20-14-7-5-4-6-13(14)16(22)19-10-15(21)12-8-9-24-11-12/h4-9,11,15,21H,10H2,1-3H3,(H,19,22)(H,20,23). The summed E-state index contributed by atoms with van der Waals surface area (Å²) >= 11 is 1.49. The summed E-state index contributed by atoms with van der Waals surface area (Å²) < 4.78 is 0. The Bertz CT molecular complexity index is 705. The van der Waals surface area contributed by atoms with Crippen LogP contribution in [0.2, 0.25) is 0 Å². The van der Waals surface area contributed by atoms with Crippen LogP contribution in [0.5, 0.6) is 0 Å². The van der Waals surface area contributed by atoms with E-state index in [4.69, 9.17) is 0 Å². The zero-order valence-electron chi connectivity index (χ0n) is 14.0. The van der Waals surface area contributed by atoms with Gasteiger partial charge in [-0.25, -0.2) is 0 Å². The van der Waals surface area contributed by atoms with Crippen molar-refractivity contribution in [2.45, 2.75) is 26.9 Å². The predicted octanol–water partition coefficient (Wildman–Crippen LogP) is 3.20. The number of hydrogen-bond acceptors (Lipinski definition) is 4. The minimum Gasteiger partial charge on any atom is -0.387 e. The average molecular weight is 346 g/mol. The number of aliphatic hydroxyl groups excluding tert-OH is 1. The molecule has 128 valence electrons. The summed E-state index contributed by atoms with van der Waals surface area (Å²) in [5, 5.41) is 19.3. The second kappa shape index (κ2) is 7.59. The van der Waals surface area contributed by atoms with Gasteiger partial charge in [0.25, 0.3) is 5.91 Å². The summed E-state index contributed by atoms with van der Waals surface area (Å²) in [6.45, 7) is 5.53. The van der Waals surface area contributed by atoms with Crippen molar-refractivity contribution in [1.29, 1.82) is 0 Å². The number of amides is 2. The predicted molar refractivity (Wildman–Crippen MR) is 96.1 cm³/mol. The van der Waals surface area contributed by atoms with Crippen LogP contribution >= 0.6 is 11.3 Å². The lowest BCUT2D eigenvalue weighted by Gasteiger charge is -2.19. The molecule has 1 aromatic carbocycles. The zero-order valence-corrected chi connectivity index (χ0v) is 14.8. The molecule has 0 aliphatic rings. The highest BCUT2D eigenvalue weighted by Gasteiger charge is 2.23. The molecule has 1 unspecified atom stereocenters. The van der Waals surface area contributed by atoms with Crippen molar-refractivity contribution in [3.8, 4) is 0 Å². The molecule has 1 aromatic heterocycles. The number of anilines is 1. The first-order valence-electron chi connectivity index (χ1n) is 7.68. The van der Waals surface area contributed by atoms with Gasteiger partial charge in [0.05, 0.1) is 17.4 Å². The van der Waals surface area contributed by atoms with Gasteiger partial charge < -0.3 is 15.7 Å². The van der Waals surface area contributed by atoms with Crippen molar-refractivity contribution >= 4 is 28.8 Å². The smallest absolute Gasteiger partial charge is 0.253 e. The molecule has 0 aliphatic carbocycles. The van der Waals surface area contributed by atoms with Crippen LogP contribution < -0.4 is 10.6 Å². The molecule has 0 radical (unpaired) electrons. The third-order valence-corrected chi connectivity index (χ3v) is 4.19. The fourth-order valence-corrected chi connectivity index (χ4v) is 2.67. The van der Waals surface area contributed by atoms with Crippen molar-refractivity contribution in [1.82, 2.24) is 5.32 Å². The molecular formula is C18H22N2O3S. The number of hydrogen-bond donors (Lipinski definition) is 3. The summed E-state index contributed by atoms with van der Waals surface area (Å²) in [4.78, 5) is 24.5. The second-order valence-corrected chi connectivity index (χ2v) is 7.31. The van der Waals surface area contributed by atoms with Gasteiger partial charge in [-0.1, -0.05) is 32.9 Å². The Morgan fingerprint density at radius 3 is 2.54 bits per heavy atom. The molecular weight excluding hydrogens is 324 g/mol. The second-order valence-electron chi connectivity index (χ2n) is 6.53. The fourth-order valence-electron chi connectivity index (χ4n) is 1.97. The molecule has 0 spiro atoms. The van der Waals surface area contributed by atoms with Gasteiger partial charge in [0.15, 0.2) is 0 Å². The fraction of sp³-hybridized carbons (Fsp3) is 0.333. The van der Waals surface area contributed by atoms with Crippen LogP contribution in [0.25, 0.3) is 0 Å². The summed E-state index contributed by atoms with van der Waals surface area (Å²) in [5.74, 6) is -0.504. The van der Waals surface area contributed by atoms with Crippen molar-refractivity contribution in [3.63, 3.8) is 0 Å². The quantitative estimate of drug-likeness (QED) is 0.778. The van der Waals surface area contributed by atoms with Gasteiger partial charge in [-0.3, -0.25) is 9.59 Å². The first kappa shape index (κ1) is 18.2. The molecule has 1 atom stereocenters. The Morgan fingerprint density at radius 1 is 1.21 bits per heavy atom. The highest BCUT2D eigenvalue weighted by Crippen LogP contribution is 2.21. The molecule has 3 N–H and O–H groups in total.